The summed E-state index contributed by atoms with van der Waals surface area (Å²) in [4.78, 5) is 31.0. The second-order valence-corrected chi connectivity index (χ2v) is 7.36. The van der Waals surface area contributed by atoms with Crippen molar-refractivity contribution in [3.63, 3.8) is 0 Å². The van der Waals surface area contributed by atoms with Gasteiger partial charge in [0.25, 0.3) is 5.56 Å². The van der Waals surface area contributed by atoms with Crippen molar-refractivity contribution in [3.8, 4) is 10.4 Å². The number of fused-ring (bicyclic) bond motifs is 1. The molecule has 26 heavy (non-hydrogen) atoms. The molecule has 1 aliphatic rings. The first kappa shape index (κ1) is 16.9. The average molecular weight is 369 g/mol. The van der Waals surface area contributed by atoms with Gasteiger partial charge in [-0.05, 0) is 24.5 Å². The normalized spacial score (nSPS) is 15.2. The summed E-state index contributed by atoms with van der Waals surface area (Å²) in [5, 5.41) is 3.52. The fourth-order valence-electron chi connectivity index (χ4n) is 3.09. The van der Waals surface area contributed by atoms with Gasteiger partial charge in [-0.2, -0.15) is 0 Å². The van der Waals surface area contributed by atoms with Crippen LogP contribution in [-0.2, 0) is 16.1 Å². The lowest BCUT2D eigenvalue weighted by atomic mass is 10.1. The summed E-state index contributed by atoms with van der Waals surface area (Å²) in [5.74, 6) is -0.168. The molecule has 1 amide bonds. The van der Waals surface area contributed by atoms with Crippen molar-refractivity contribution < 1.29 is 9.53 Å². The Morgan fingerprint density at radius 2 is 2.04 bits per heavy atom. The third-order valence-electron chi connectivity index (χ3n) is 4.48. The number of carbonyl (C=O) groups excluding carboxylic acids is 1. The minimum atomic E-state index is -0.185. The number of aromatic nitrogens is 2. The third-order valence-corrected chi connectivity index (χ3v) is 5.57. The molecular formula is C19H19N3O3S. The number of ether oxygens (including phenoxy) is 1. The van der Waals surface area contributed by atoms with Crippen molar-refractivity contribution in [1.82, 2.24) is 14.9 Å². The lowest BCUT2D eigenvalue weighted by Gasteiger charge is -2.23. The van der Waals surface area contributed by atoms with Gasteiger partial charge in [-0.15, -0.1) is 11.3 Å². The highest BCUT2D eigenvalue weighted by Gasteiger charge is 2.17. The first-order chi connectivity index (χ1) is 12.7. The number of amides is 1. The maximum absolute atomic E-state index is 12.7. The van der Waals surface area contributed by atoms with Crippen molar-refractivity contribution >= 4 is 27.5 Å². The van der Waals surface area contributed by atoms with E-state index in [9.17, 15) is 9.59 Å². The van der Waals surface area contributed by atoms with Crippen molar-refractivity contribution in [1.29, 1.82) is 0 Å². The van der Waals surface area contributed by atoms with E-state index in [4.69, 9.17) is 4.74 Å². The van der Waals surface area contributed by atoms with Crippen LogP contribution in [0.25, 0.3) is 20.7 Å². The third kappa shape index (κ3) is 3.54. The molecule has 1 saturated heterocycles. The molecule has 7 heteroatoms. The predicted molar refractivity (Wildman–Crippen MR) is 101 cm³/mol. The molecule has 1 fully saturated rings. The van der Waals surface area contributed by atoms with Gasteiger partial charge in [-0.25, -0.2) is 4.98 Å². The minimum absolute atomic E-state index is 0.0182. The Hall–Kier alpha value is -2.51. The molecular weight excluding hydrogens is 350 g/mol. The van der Waals surface area contributed by atoms with Crippen LogP contribution < -0.4 is 10.9 Å². The maximum atomic E-state index is 12.7. The summed E-state index contributed by atoms with van der Waals surface area (Å²) < 4.78 is 6.66. The predicted octanol–water partition coefficient (Wildman–Crippen LogP) is 2.42. The quantitative estimate of drug-likeness (QED) is 0.767. The fraction of sp³-hybridized carbons (Fsp3) is 0.316. The van der Waals surface area contributed by atoms with Crippen LogP contribution in [0.1, 0.15) is 12.8 Å². The molecule has 4 rings (SSSR count). The molecule has 2 aromatic heterocycles. The van der Waals surface area contributed by atoms with E-state index in [-0.39, 0.29) is 24.1 Å². The SMILES string of the molecule is O=C(Cn1cnc2sc(-c3ccccc3)cc2c1=O)NC1CCOCC1. The van der Waals surface area contributed by atoms with Crippen LogP contribution in [0.2, 0.25) is 0 Å². The van der Waals surface area contributed by atoms with Crippen LogP contribution in [-0.4, -0.2) is 34.7 Å². The van der Waals surface area contributed by atoms with Gasteiger partial charge >= 0.3 is 0 Å². The zero-order valence-corrected chi connectivity index (χ0v) is 15.0. The Balaban J connectivity index is 1.55. The van der Waals surface area contributed by atoms with E-state index < -0.39 is 0 Å². The first-order valence-corrected chi connectivity index (χ1v) is 9.44. The van der Waals surface area contributed by atoms with E-state index >= 15 is 0 Å². The number of hydrogen-bond acceptors (Lipinski definition) is 5. The largest absolute Gasteiger partial charge is 0.381 e. The van der Waals surface area contributed by atoms with E-state index in [2.05, 4.69) is 10.3 Å². The topological polar surface area (TPSA) is 73.2 Å². The Morgan fingerprint density at radius 1 is 1.27 bits per heavy atom. The Kier molecular flexibility index (Phi) is 4.81. The number of rotatable bonds is 4. The van der Waals surface area contributed by atoms with Gasteiger partial charge in [-0.3, -0.25) is 14.2 Å². The van der Waals surface area contributed by atoms with Gasteiger partial charge in [0, 0.05) is 24.1 Å². The molecule has 1 N–H and O–H groups in total. The molecule has 0 spiro atoms. The molecule has 0 saturated carbocycles. The molecule has 0 unspecified atom stereocenters. The summed E-state index contributed by atoms with van der Waals surface area (Å²) in [6.07, 6.45) is 3.07. The highest BCUT2D eigenvalue weighted by atomic mass is 32.1. The second-order valence-electron chi connectivity index (χ2n) is 6.33. The highest BCUT2D eigenvalue weighted by molar-refractivity contribution is 7.21. The summed E-state index contributed by atoms with van der Waals surface area (Å²) >= 11 is 1.48. The molecule has 0 aliphatic carbocycles. The lowest BCUT2D eigenvalue weighted by molar-refractivity contribution is -0.123. The van der Waals surface area contributed by atoms with Crippen molar-refractivity contribution in [3.05, 3.63) is 53.1 Å². The van der Waals surface area contributed by atoms with Crippen LogP contribution in [0.4, 0.5) is 0 Å². The van der Waals surface area contributed by atoms with Crippen LogP contribution in [0, 0.1) is 0 Å². The minimum Gasteiger partial charge on any atom is -0.381 e. The molecule has 0 radical (unpaired) electrons. The molecule has 6 nitrogen and oxygen atoms in total. The van der Waals surface area contributed by atoms with E-state index in [1.165, 1.54) is 22.2 Å². The van der Waals surface area contributed by atoms with E-state index in [1.807, 2.05) is 36.4 Å². The monoisotopic (exact) mass is 369 g/mol. The van der Waals surface area contributed by atoms with E-state index in [1.54, 1.807) is 0 Å². The molecule has 1 aliphatic heterocycles. The smallest absolute Gasteiger partial charge is 0.262 e. The van der Waals surface area contributed by atoms with Crippen molar-refractivity contribution in [2.45, 2.75) is 25.4 Å². The van der Waals surface area contributed by atoms with Gasteiger partial charge in [0.05, 0.1) is 11.7 Å². The highest BCUT2D eigenvalue weighted by Crippen LogP contribution is 2.30. The zero-order chi connectivity index (χ0) is 17.9. The van der Waals surface area contributed by atoms with Gasteiger partial charge in [0.2, 0.25) is 5.91 Å². The Morgan fingerprint density at radius 3 is 2.81 bits per heavy atom. The van der Waals surface area contributed by atoms with Crippen LogP contribution in [0.3, 0.4) is 0 Å². The Labute approximate surface area is 154 Å². The van der Waals surface area contributed by atoms with Crippen LogP contribution in [0.5, 0.6) is 0 Å². The average Bonchev–Trinajstić information content (AvgIpc) is 3.11. The molecule has 3 aromatic rings. The van der Waals surface area contributed by atoms with Crippen molar-refractivity contribution in [2.75, 3.05) is 13.2 Å². The number of nitrogens with zero attached hydrogens (tertiary/aromatic N) is 2. The number of hydrogen-bond donors (Lipinski definition) is 1. The molecule has 0 atom stereocenters. The standard InChI is InChI=1S/C19H19N3O3S/c23-17(21-14-6-8-25-9-7-14)11-22-12-20-18-15(19(22)24)10-16(26-18)13-4-2-1-3-5-13/h1-5,10,12,14H,6-9,11H2,(H,21,23). The number of carbonyl (C=O) groups is 1. The van der Waals surface area contributed by atoms with Gasteiger partial charge in [0.1, 0.15) is 11.4 Å². The van der Waals surface area contributed by atoms with Crippen LogP contribution in [0.15, 0.2) is 47.5 Å². The zero-order valence-electron chi connectivity index (χ0n) is 14.2. The fourth-order valence-corrected chi connectivity index (χ4v) is 4.08. The van der Waals surface area contributed by atoms with Crippen molar-refractivity contribution in [2.24, 2.45) is 0 Å². The molecule has 134 valence electrons. The Bertz CT molecular complexity index is 975. The lowest BCUT2D eigenvalue weighted by Crippen LogP contribution is -2.41. The van der Waals surface area contributed by atoms with Gasteiger partial charge < -0.3 is 10.1 Å². The number of thiophene rings is 1. The summed E-state index contributed by atoms with van der Waals surface area (Å²) in [7, 11) is 0. The first-order valence-electron chi connectivity index (χ1n) is 8.62. The summed E-state index contributed by atoms with van der Waals surface area (Å²) in [6.45, 7) is 1.31. The maximum Gasteiger partial charge on any atom is 0.262 e. The summed E-state index contributed by atoms with van der Waals surface area (Å²) in [6, 6.07) is 11.9. The molecule has 1 aromatic carbocycles. The molecule has 3 heterocycles. The van der Waals surface area contributed by atoms with Crippen LogP contribution >= 0.6 is 11.3 Å². The summed E-state index contributed by atoms with van der Waals surface area (Å²) in [5.41, 5.74) is 0.870. The van der Waals surface area contributed by atoms with E-state index in [0.29, 0.717) is 23.4 Å². The molecule has 0 bridgehead atoms. The number of nitrogens with one attached hydrogen (secondary N) is 1. The second kappa shape index (κ2) is 7.39. The van der Waals surface area contributed by atoms with Gasteiger partial charge in [-0.1, -0.05) is 30.3 Å². The van der Waals surface area contributed by atoms with E-state index in [0.717, 1.165) is 23.3 Å². The van der Waals surface area contributed by atoms with Gasteiger partial charge in [0.15, 0.2) is 0 Å². The number of benzene rings is 1.